The van der Waals surface area contributed by atoms with Crippen LogP contribution in [0.2, 0.25) is 5.15 Å². The average Bonchev–Trinajstić information content (AvgIpc) is 2.95. The van der Waals surface area contributed by atoms with Gasteiger partial charge in [0.2, 0.25) is 5.78 Å². The molecule has 1 aromatic carbocycles. The van der Waals surface area contributed by atoms with E-state index in [1.165, 1.54) is 18.3 Å². The summed E-state index contributed by atoms with van der Waals surface area (Å²) >= 11 is 5.77. The van der Waals surface area contributed by atoms with Crippen LogP contribution in [0, 0.1) is 13.8 Å². The molecule has 0 saturated heterocycles. The highest BCUT2D eigenvalue weighted by molar-refractivity contribution is 6.29. The summed E-state index contributed by atoms with van der Waals surface area (Å²) < 4.78 is 7.21. The monoisotopic (exact) mass is 382 g/mol. The molecule has 6 heteroatoms. The Bertz CT molecular complexity index is 980. The SMILES string of the molecule is Cc1cc(C(=O)COC(=O)c2ccnc(Cl)c2)c(C)n1Cc1ccccc1. The Labute approximate surface area is 162 Å². The van der Waals surface area contributed by atoms with Crippen molar-refractivity contribution in [1.29, 1.82) is 0 Å². The first kappa shape index (κ1) is 18.9. The van der Waals surface area contributed by atoms with Gasteiger partial charge in [0.15, 0.2) is 6.61 Å². The largest absolute Gasteiger partial charge is 0.454 e. The van der Waals surface area contributed by atoms with Crippen LogP contribution in [0.25, 0.3) is 0 Å². The molecule has 0 fully saturated rings. The van der Waals surface area contributed by atoms with Gasteiger partial charge in [-0.1, -0.05) is 41.9 Å². The number of rotatable bonds is 6. The third kappa shape index (κ3) is 4.44. The number of halogens is 1. The van der Waals surface area contributed by atoms with E-state index in [0.29, 0.717) is 12.1 Å². The molecule has 0 aliphatic rings. The number of carbonyl (C=O) groups excluding carboxylic acids is 2. The van der Waals surface area contributed by atoms with Gasteiger partial charge in [0.25, 0.3) is 0 Å². The number of carbonyl (C=O) groups is 2. The van der Waals surface area contributed by atoms with Crippen LogP contribution in [0.3, 0.4) is 0 Å². The molecule has 138 valence electrons. The molecule has 0 aliphatic carbocycles. The second-order valence-electron chi connectivity index (χ2n) is 6.22. The number of hydrogen-bond acceptors (Lipinski definition) is 4. The maximum absolute atomic E-state index is 12.6. The molecule has 0 aliphatic heterocycles. The number of ketones is 1. The lowest BCUT2D eigenvalue weighted by molar-refractivity contribution is 0.0474. The molecule has 2 heterocycles. The number of hydrogen-bond donors (Lipinski definition) is 0. The van der Waals surface area contributed by atoms with Crippen molar-refractivity contribution in [3.05, 3.63) is 88.0 Å². The average molecular weight is 383 g/mol. The van der Waals surface area contributed by atoms with E-state index in [9.17, 15) is 9.59 Å². The number of pyridine rings is 1. The Morgan fingerprint density at radius 3 is 2.56 bits per heavy atom. The highest BCUT2D eigenvalue weighted by Crippen LogP contribution is 2.18. The van der Waals surface area contributed by atoms with Crippen molar-refractivity contribution < 1.29 is 14.3 Å². The molecule has 27 heavy (non-hydrogen) atoms. The standard InChI is InChI=1S/C21H19ClN2O3/c1-14-10-18(15(2)24(14)12-16-6-4-3-5-7-16)19(25)13-27-21(26)17-8-9-23-20(22)11-17/h3-11H,12-13H2,1-2H3. The third-order valence-corrected chi connectivity index (χ3v) is 4.56. The molecule has 2 aromatic heterocycles. The maximum atomic E-state index is 12.6. The second kappa shape index (κ2) is 8.18. The number of nitrogens with zero attached hydrogens (tertiary/aromatic N) is 2. The molecule has 3 rings (SSSR count). The van der Waals surface area contributed by atoms with Crippen molar-refractivity contribution >= 4 is 23.4 Å². The number of ether oxygens (including phenoxy) is 1. The van der Waals surface area contributed by atoms with Crippen molar-refractivity contribution in [2.45, 2.75) is 20.4 Å². The van der Waals surface area contributed by atoms with Crippen molar-refractivity contribution in [2.75, 3.05) is 6.61 Å². The minimum atomic E-state index is -0.606. The van der Waals surface area contributed by atoms with Crippen molar-refractivity contribution in [3.8, 4) is 0 Å². The van der Waals surface area contributed by atoms with Gasteiger partial charge in [-0.15, -0.1) is 0 Å². The van der Waals surface area contributed by atoms with E-state index in [2.05, 4.69) is 9.55 Å². The quantitative estimate of drug-likeness (QED) is 0.363. The summed E-state index contributed by atoms with van der Waals surface area (Å²) in [5.74, 6) is -0.846. The Kier molecular flexibility index (Phi) is 5.72. The van der Waals surface area contributed by atoms with Crippen LogP contribution >= 0.6 is 11.6 Å². The molecular weight excluding hydrogens is 364 g/mol. The Hall–Kier alpha value is -2.92. The summed E-state index contributed by atoms with van der Waals surface area (Å²) in [5.41, 5.74) is 3.80. The lowest BCUT2D eigenvalue weighted by atomic mass is 10.1. The zero-order chi connectivity index (χ0) is 19.4. The van der Waals surface area contributed by atoms with Crippen LogP contribution in [0.15, 0.2) is 54.7 Å². The zero-order valence-electron chi connectivity index (χ0n) is 15.1. The lowest BCUT2D eigenvalue weighted by Gasteiger charge is -2.10. The Balaban J connectivity index is 1.70. The first-order valence-electron chi connectivity index (χ1n) is 8.48. The van der Waals surface area contributed by atoms with Crippen LogP contribution in [0.1, 0.15) is 37.7 Å². The smallest absolute Gasteiger partial charge is 0.338 e. The van der Waals surface area contributed by atoms with Gasteiger partial charge >= 0.3 is 5.97 Å². The third-order valence-electron chi connectivity index (χ3n) is 4.35. The first-order chi connectivity index (χ1) is 13.0. The number of aryl methyl sites for hydroxylation is 1. The minimum Gasteiger partial charge on any atom is -0.454 e. The summed E-state index contributed by atoms with van der Waals surface area (Å²) in [7, 11) is 0. The molecule has 0 atom stereocenters. The molecule has 0 spiro atoms. The second-order valence-corrected chi connectivity index (χ2v) is 6.61. The van der Waals surface area contributed by atoms with E-state index in [1.54, 1.807) is 0 Å². The Morgan fingerprint density at radius 2 is 1.85 bits per heavy atom. The van der Waals surface area contributed by atoms with Crippen molar-refractivity contribution in [3.63, 3.8) is 0 Å². The molecule has 3 aromatic rings. The summed E-state index contributed by atoms with van der Waals surface area (Å²) in [6.45, 7) is 4.21. The van der Waals surface area contributed by atoms with Gasteiger partial charge < -0.3 is 9.30 Å². The van der Waals surface area contributed by atoms with E-state index in [-0.39, 0.29) is 23.1 Å². The molecule has 0 bridgehead atoms. The fraction of sp³-hybridized carbons (Fsp3) is 0.190. The number of aromatic nitrogens is 2. The van der Waals surface area contributed by atoms with Crippen LogP contribution in [-0.2, 0) is 11.3 Å². The Morgan fingerprint density at radius 1 is 1.11 bits per heavy atom. The number of esters is 1. The summed E-state index contributed by atoms with van der Waals surface area (Å²) in [6, 6.07) is 14.8. The fourth-order valence-corrected chi connectivity index (χ4v) is 3.09. The summed E-state index contributed by atoms with van der Waals surface area (Å²) in [4.78, 5) is 28.4. The molecule has 0 N–H and O–H groups in total. The van der Waals surface area contributed by atoms with E-state index in [1.807, 2.05) is 50.2 Å². The van der Waals surface area contributed by atoms with Crippen molar-refractivity contribution in [2.24, 2.45) is 0 Å². The summed E-state index contributed by atoms with van der Waals surface area (Å²) in [5, 5.41) is 0.195. The van der Waals surface area contributed by atoms with Crippen LogP contribution in [-0.4, -0.2) is 27.9 Å². The van der Waals surface area contributed by atoms with Gasteiger partial charge in [-0.05, 0) is 37.6 Å². The summed E-state index contributed by atoms with van der Waals surface area (Å²) in [6.07, 6.45) is 1.41. The topological polar surface area (TPSA) is 61.2 Å². The minimum absolute atomic E-state index is 0.195. The molecule has 0 amide bonds. The molecule has 0 unspecified atom stereocenters. The van der Waals surface area contributed by atoms with Gasteiger partial charge in [0.1, 0.15) is 5.15 Å². The number of benzene rings is 1. The van der Waals surface area contributed by atoms with Crippen LogP contribution < -0.4 is 0 Å². The van der Waals surface area contributed by atoms with E-state index >= 15 is 0 Å². The molecular formula is C21H19ClN2O3. The maximum Gasteiger partial charge on any atom is 0.338 e. The van der Waals surface area contributed by atoms with Gasteiger partial charge in [-0.25, -0.2) is 9.78 Å². The highest BCUT2D eigenvalue weighted by Gasteiger charge is 2.18. The molecule has 0 radical (unpaired) electrons. The molecule has 0 saturated carbocycles. The fourth-order valence-electron chi connectivity index (χ4n) is 2.91. The van der Waals surface area contributed by atoms with Crippen molar-refractivity contribution in [1.82, 2.24) is 9.55 Å². The predicted molar refractivity (Wildman–Crippen MR) is 103 cm³/mol. The van der Waals surface area contributed by atoms with Crippen LogP contribution in [0.5, 0.6) is 0 Å². The van der Waals surface area contributed by atoms with Gasteiger partial charge in [-0.2, -0.15) is 0 Å². The van der Waals surface area contributed by atoms with E-state index in [0.717, 1.165) is 17.0 Å². The van der Waals surface area contributed by atoms with Gasteiger partial charge in [0.05, 0.1) is 5.56 Å². The lowest BCUT2D eigenvalue weighted by Crippen LogP contribution is -2.15. The molecule has 5 nitrogen and oxygen atoms in total. The number of Topliss-reactive ketones (excluding diaryl/α,β-unsaturated/α-hetero) is 1. The normalized spacial score (nSPS) is 10.6. The van der Waals surface area contributed by atoms with E-state index < -0.39 is 5.97 Å². The first-order valence-corrected chi connectivity index (χ1v) is 8.86. The zero-order valence-corrected chi connectivity index (χ0v) is 15.9. The van der Waals surface area contributed by atoms with Gasteiger partial charge in [-0.3, -0.25) is 4.79 Å². The van der Waals surface area contributed by atoms with E-state index in [4.69, 9.17) is 16.3 Å². The predicted octanol–water partition coefficient (Wildman–Crippen LogP) is 4.24. The van der Waals surface area contributed by atoms with Crippen LogP contribution in [0.4, 0.5) is 0 Å². The van der Waals surface area contributed by atoms with Gasteiger partial charge in [0, 0.05) is 29.7 Å². The highest BCUT2D eigenvalue weighted by atomic mass is 35.5.